The molecule has 7 heteroatoms. The maximum Gasteiger partial charge on any atom is 0.318 e. The maximum absolute atomic E-state index is 12.9. The zero-order chi connectivity index (χ0) is 18.0. The number of amides is 2. The van der Waals surface area contributed by atoms with Gasteiger partial charge in [-0.2, -0.15) is 5.10 Å². The number of H-pyrrole nitrogens is 1. The van der Waals surface area contributed by atoms with Gasteiger partial charge in [0.25, 0.3) is 0 Å². The summed E-state index contributed by atoms with van der Waals surface area (Å²) >= 11 is 0. The number of aromatic nitrogens is 3. The summed E-state index contributed by atoms with van der Waals surface area (Å²) in [4.78, 5) is 14.9. The zero-order valence-electron chi connectivity index (χ0n) is 15.5. The van der Waals surface area contributed by atoms with Gasteiger partial charge in [-0.15, -0.1) is 0 Å². The van der Waals surface area contributed by atoms with E-state index in [2.05, 4.69) is 20.7 Å². The monoisotopic (exact) mass is 345 g/mol. The molecule has 1 atom stereocenters. The summed E-state index contributed by atoms with van der Waals surface area (Å²) in [6, 6.07) is 0.0396. The molecule has 2 aromatic rings. The first-order valence-corrected chi connectivity index (χ1v) is 8.96. The Kier molecular flexibility index (Phi) is 5.11. The molecule has 0 radical (unpaired) electrons. The van der Waals surface area contributed by atoms with E-state index in [9.17, 15) is 4.79 Å². The summed E-state index contributed by atoms with van der Waals surface area (Å²) in [6.45, 7) is 9.00. The lowest BCUT2D eigenvalue weighted by atomic mass is 9.99. The number of carbonyl (C=O) groups is 1. The molecule has 1 saturated heterocycles. The Morgan fingerprint density at radius 2 is 2.04 bits per heavy atom. The molecule has 0 bridgehead atoms. The van der Waals surface area contributed by atoms with E-state index < -0.39 is 0 Å². The molecule has 0 saturated carbocycles. The molecule has 1 aliphatic heterocycles. The molecule has 3 heterocycles. The van der Waals surface area contributed by atoms with Gasteiger partial charge in [-0.1, -0.05) is 18.0 Å². The van der Waals surface area contributed by atoms with Crippen molar-refractivity contribution in [3.8, 4) is 0 Å². The van der Waals surface area contributed by atoms with Crippen LogP contribution in [0.15, 0.2) is 4.52 Å². The fraction of sp³-hybridized carbons (Fsp3) is 0.611. The Morgan fingerprint density at radius 1 is 1.24 bits per heavy atom. The quantitative estimate of drug-likeness (QED) is 0.892. The van der Waals surface area contributed by atoms with Crippen molar-refractivity contribution >= 4 is 6.03 Å². The number of likely N-dealkylation sites (tertiary alicyclic amines) is 1. The van der Waals surface area contributed by atoms with Crippen molar-refractivity contribution in [1.29, 1.82) is 0 Å². The molecule has 0 aliphatic carbocycles. The van der Waals surface area contributed by atoms with Crippen molar-refractivity contribution in [3.63, 3.8) is 0 Å². The smallest absolute Gasteiger partial charge is 0.318 e. The third-order valence-corrected chi connectivity index (χ3v) is 5.13. The lowest BCUT2D eigenvalue weighted by Crippen LogP contribution is -2.42. The van der Waals surface area contributed by atoms with Crippen LogP contribution in [0.2, 0.25) is 0 Å². The van der Waals surface area contributed by atoms with Gasteiger partial charge in [0.05, 0.1) is 17.4 Å². The zero-order valence-corrected chi connectivity index (χ0v) is 15.5. The van der Waals surface area contributed by atoms with E-state index in [0.29, 0.717) is 6.54 Å². The molecule has 7 nitrogen and oxygen atoms in total. The molecule has 3 rings (SSSR count). The van der Waals surface area contributed by atoms with Crippen molar-refractivity contribution in [2.24, 2.45) is 0 Å². The Bertz CT molecular complexity index is 710. The molecule has 136 valence electrons. The fourth-order valence-electron chi connectivity index (χ4n) is 3.72. The normalized spacial score (nSPS) is 18.2. The average Bonchev–Trinajstić information content (AvgIpc) is 2.97. The lowest BCUT2D eigenvalue weighted by Gasteiger charge is -2.30. The molecule has 2 amide bonds. The largest absolute Gasteiger partial charge is 0.361 e. The number of urea groups is 1. The van der Waals surface area contributed by atoms with Gasteiger partial charge in [-0.05, 0) is 40.5 Å². The van der Waals surface area contributed by atoms with Crippen LogP contribution in [0.25, 0.3) is 0 Å². The molecule has 0 unspecified atom stereocenters. The van der Waals surface area contributed by atoms with Crippen molar-refractivity contribution in [1.82, 2.24) is 25.6 Å². The van der Waals surface area contributed by atoms with Crippen LogP contribution in [0.4, 0.5) is 4.79 Å². The highest BCUT2D eigenvalue weighted by atomic mass is 16.5. The summed E-state index contributed by atoms with van der Waals surface area (Å²) < 4.78 is 5.18. The van der Waals surface area contributed by atoms with Crippen molar-refractivity contribution < 1.29 is 9.32 Å². The standard InChI is InChI=1S/C18H27N5O2/c1-11-15(14(4)25-22-11)10-19-18(24)23-9-7-5-6-8-16(23)17-12(2)20-21-13(17)3/h16H,5-10H2,1-4H3,(H,19,24)(H,20,21)/t16-/m0/s1. The highest BCUT2D eigenvalue weighted by Gasteiger charge is 2.30. The van der Waals surface area contributed by atoms with Crippen LogP contribution >= 0.6 is 0 Å². The number of nitrogens with one attached hydrogen (secondary N) is 2. The number of carbonyl (C=O) groups excluding carboxylic acids is 1. The number of rotatable bonds is 3. The summed E-state index contributed by atoms with van der Waals surface area (Å²) in [6.07, 6.45) is 4.29. The third kappa shape index (κ3) is 3.55. The van der Waals surface area contributed by atoms with Gasteiger partial charge in [0, 0.05) is 29.9 Å². The number of hydrogen-bond donors (Lipinski definition) is 2. The van der Waals surface area contributed by atoms with Crippen LogP contribution in [0, 0.1) is 27.7 Å². The van der Waals surface area contributed by atoms with E-state index in [1.807, 2.05) is 32.6 Å². The van der Waals surface area contributed by atoms with E-state index in [1.165, 1.54) is 0 Å². The molecule has 2 N–H and O–H groups in total. The first-order chi connectivity index (χ1) is 12.0. The van der Waals surface area contributed by atoms with E-state index >= 15 is 0 Å². The Hall–Kier alpha value is -2.31. The van der Waals surface area contributed by atoms with Gasteiger partial charge in [0.1, 0.15) is 5.76 Å². The first kappa shape index (κ1) is 17.5. The van der Waals surface area contributed by atoms with Gasteiger partial charge in [0.15, 0.2) is 0 Å². The van der Waals surface area contributed by atoms with Crippen LogP contribution in [0.3, 0.4) is 0 Å². The van der Waals surface area contributed by atoms with Gasteiger partial charge in [0.2, 0.25) is 0 Å². The second kappa shape index (κ2) is 7.29. The number of aryl methyl sites for hydroxylation is 4. The summed E-state index contributed by atoms with van der Waals surface area (Å²) in [7, 11) is 0. The minimum atomic E-state index is -0.0353. The summed E-state index contributed by atoms with van der Waals surface area (Å²) in [5, 5.41) is 14.4. The molecule has 1 fully saturated rings. The van der Waals surface area contributed by atoms with Gasteiger partial charge < -0.3 is 14.7 Å². The number of nitrogens with zero attached hydrogens (tertiary/aromatic N) is 3. The van der Waals surface area contributed by atoms with E-state index in [0.717, 1.165) is 66.2 Å². The highest BCUT2D eigenvalue weighted by Crippen LogP contribution is 2.33. The molecule has 0 aromatic carbocycles. The van der Waals surface area contributed by atoms with Crippen LogP contribution in [0.1, 0.15) is 65.7 Å². The summed E-state index contributed by atoms with van der Waals surface area (Å²) in [5.41, 5.74) is 4.97. The van der Waals surface area contributed by atoms with Crippen molar-refractivity contribution in [3.05, 3.63) is 34.0 Å². The Labute approximate surface area is 148 Å². The highest BCUT2D eigenvalue weighted by molar-refractivity contribution is 5.75. The number of aromatic amines is 1. The predicted molar refractivity (Wildman–Crippen MR) is 94.2 cm³/mol. The first-order valence-electron chi connectivity index (χ1n) is 8.96. The van der Waals surface area contributed by atoms with Crippen LogP contribution in [-0.2, 0) is 6.54 Å². The molecular weight excluding hydrogens is 318 g/mol. The van der Waals surface area contributed by atoms with E-state index in [-0.39, 0.29) is 12.1 Å². The molecular formula is C18H27N5O2. The predicted octanol–water partition coefficient (Wildman–Crippen LogP) is 3.46. The minimum absolute atomic E-state index is 0.0353. The van der Waals surface area contributed by atoms with Crippen molar-refractivity contribution in [2.45, 2.75) is 66.0 Å². The SMILES string of the molecule is Cc1noc(C)c1CNC(=O)N1CCCCC[C@H]1c1c(C)n[nH]c1C. The lowest BCUT2D eigenvalue weighted by molar-refractivity contribution is 0.175. The minimum Gasteiger partial charge on any atom is -0.361 e. The molecule has 25 heavy (non-hydrogen) atoms. The average molecular weight is 345 g/mol. The van der Waals surface area contributed by atoms with Gasteiger partial charge in [-0.3, -0.25) is 5.10 Å². The van der Waals surface area contributed by atoms with E-state index in [1.54, 1.807) is 0 Å². The van der Waals surface area contributed by atoms with E-state index in [4.69, 9.17) is 4.52 Å². The molecule has 2 aromatic heterocycles. The second-order valence-electron chi connectivity index (χ2n) is 6.87. The fourth-order valence-corrected chi connectivity index (χ4v) is 3.72. The topological polar surface area (TPSA) is 87.1 Å². The summed E-state index contributed by atoms with van der Waals surface area (Å²) in [5.74, 6) is 0.756. The maximum atomic E-state index is 12.9. The van der Waals surface area contributed by atoms with Crippen LogP contribution in [0.5, 0.6) is 0 Å². The van der Waals surface area contributed by atoms with Gasteiger partial charge in [-0.25, -0.2) is 4.79 Å². The molecule has 0 spiro atoms. The molecule has 1 aliphatic rings. The van der Waals surface area contributed by atoms with Crippen molar-refractivity contribution in [2.75, 3.05) is 6.54 Å². The van der Waals surface area contributed by atoms with Crippen LogP contribution < -0.4 is 5.32 Å². The Morgan fingerprint density at radius 3 is 2.68 bits per heavy atom. The second-order valence-corrected chi connectivity index (χ2v) is 6.87. The van der Waals surface area contributed by atoms with Gasteiger partial charge >= 0.3 is 6.03 Å². The number of hydrogen-bond acceptors (Lipinski definition) is 4. The Balaban J connectivity index is 1.78. The third-order valence-electron chi connectivity index (χ3n) is 5.13. The van der Waals surface area contributed by atoms with Crippen LogP contribution in [-0.4, -0.2) is 32.8 Å².